The number of aliphatic carboxylic acids is 1. The van der Waals surface area contributed by atoms with E-state index >= 15 is 0 Å². The van der Waals surface area contributed by atoms with E-state index < -0.39 is 5.97 Å². The van der Waals surface area contributed by atoms with E-state index in [2.05, 4.69) is 15.1 Å². The van der Waals surface area contributed by atoms with Crippen molar-refractivity contribution >= 4 is 11.9 Å². The smallest absolute Gasteiger partial charge is 0.307 e. The molecule has 1 aliphatic heterocycles. The molecule has 2 N–H and O–H groups in total. The van der Waals surface area contributed by atoms with Crippen molar-refractivity contribution in [3.63, 3.8) is 0 Å². The van der Waals surface area contributed by atoms with Crippen LogP contribution in [0.2, 0.25) is 0 Å². The fraction of sp³-hybridized carbons (Fsp3) is 0.846. The second-order valence-electron chi connectivity index (χ2n) is 5.16. The van der Waals surface area contributed by atoms with Gasteiger partial charge in [0, 0.05) is 46.4 Å². The van der Waals surface area contributed by atoms with Gasteiger partial charge in [-0.3, -0.25) is 19.4 Å². The van der Waals surface area contributed by atoms with Crippen LogP contribution >= 0.6 is 0 Å². The van der Waals surface area contributed by atoms with E-state index in [9.17, 15) is 9.59 Å². The molecule has 0 bridgehead atoms. The first-order chi connectivity index (χ1) is 9.52. The van der Waals surface area contributed by atoms with Gasteiger partial charge >= 0.3 is 5.97 Å². The second kappa shape index (κ2) is 8.89. The van der Waals surface area contributed by atoms with E-state index in [1.807, 2.05) is 0 Å². The van der Waals surface area contributed by atoms with Crippen molar-refractivity contribution in [2.45, 2.75) is 6.92 Å². The topological polar surface area (TPSA) is 82.1 Å². The molecule has 0 saturated carbocycles. The van der Waals surface area contributed by atoms with E-state index in [1.54, 1.807) is 14.0 Å². The second-order valence-corrected chi connectivity index (χ2v) is 5.16. The van der Waals surface area contributed by atoms with E-state index in [0.29, 0.717) is 26.2 Å². The number of hydrogen-bond donors (Lipinski definition) is 2. The average molecular weight is 287 g/mol. The molecule has 1 saturated heterocycles. The van der Waals surface area contributed by atoms with Gasteiger partial charge in [-0.2, -0.15) is 0 Å². The SMILES string of the molecule is COCCNC(=O)CN1CCN(CC(C)C(=O)O)CC1. The average Bonchev–Trinajstić information content (AvgIpc) is 2.41. The molecule has 1 amide bonds. The Morgan fingerprint density at radius 2 is 1.85 bits per heavy atom. The molecular formula is C13H25N3O4. The number of nitrogens with zero attached hydrogens (tertiary/aromatic N) is 2. The molecule has 1 unspecified atom stereocenters. The molecule has 1 heterocycles. The largest absolute Gasteiger partial charge is 0.481 e. The van der Waals surface area contributed by atoms with E-state index in [0.717, 1.165) is 26.2 Å². The molecule has 0 aromatic rings. The predicted molar refractivity (Wildman–Crippen MR) is 74.6 cm³/mol. The minimum atomic E-state index is -0.759. The third-order valence-electron chi connectivity index (χ3n) is 3.41. The molecule has 1 rings (SSSR count). The summed E-state index contributed by atoms with van der Waals surface area (Å²) in [7, 11) is 1.60. The quantitative estimate of drug-likeness (QED) is 0.562. The highest BCUT2D eigenvalue weighted by Crippen LogP contribution is 2.05. The molecule has 1 atom stereocenters. The van der Waals surface area contributed by atoms with Crippen LogP contribution in [0.15, 0.2) is 0 Å². The summed E-state index contributed by atoms with van der Waals surface area (Å²) in [5, 5.41) is 11.7. The van der Waals surface area contributed by atoms with Gasteiger partial charge in [0.15, 0.2) is 0 Å². The fourth-order valence-electron chi connectivity index (χ4n) is 2.15. The van der Waals surface area contributed by atoms with Crippen LogP contribution in [-0.4, -0.2) is 86.3 Å². The predicted octanol–water partition coefficient (Wildman–Crippen LogP) is -0.913. The monoisotopic (exact) mass is 287 g/mol. The normalized spacial score (nSPS) is 18.7. The number of rotatable bonds is 8. The summed E-state index contributed by atoms with van der Waals surface area (Å²) >= 11 is 0. The maximum Gasteiger partial charge on any atom is 0.307 e. The summed E-state index contributed by atoms with van der Waals surface area (Å²) < 4.78 is 4.87. The van der Waals surface area contributed by atoms with Gasteiger partial charge in [0.25, 0.3) is 0 Å². The van der Waals surface area contributed by atoms with Crippen LogP contribution in [0.1, 0.15) is 6.92 Å². The van der Waals surface area contributed by atoms with Crippen molar-refractivity contribution < 1.29 is 19.4 Å². The highest BCUT2D eigenvalue weighted by Gasteiger charge is 2.22. The molecule has 7 heteroatoms. The number of nitrogens with one attached hydrogen (secondary N) is 1. The Morgan fingerprint density at radius 3 is 2.40 bits per heavy atom. The van der Waals surface area contributed by atoms with Crippen LogP contribution in [-0.2, 0) is 14.3 Å². The Labute approximate surface area is 119 Å². The number of amides is 1. The molecule has 0 aromatic carbocycles. The number of carboxylic acids is 1. The van der Waals surface area contributed by atoms with Crippen LogP contribution in [0.4, 0.5) is 0 Å². The zero-order valence-electron chi connectivity index (χ0n) is 12.3. The number of carbonyl (C=O) groups excluding carboxylic acids is 1. The summed E-state index contributed by atoms with van der Waals surface area (Å²) in [6.07, 6.45) is 0. The third-order valence-corrected chi connectivity index (χ3v) is 3.41. The van der Waals surface area contributed by atoms with Gasteiger partial charge in [-0.1, -0.05) is 6.92 Å². The molecular weight excluding hydrogens is 262 g/mol. The summed E-state index contributed by atoms with van der Waals surface area (Å²) in [5.41, 5.74) is 0. The lowest BCUT2D eigenvalue weighted by atomic mass is 10.1. The Balaban J connectivity index is 2.18. The molecule has 0 aromatic heterocycles. The summed E-state index contributed by atoms with van der Waals surface area (Å²) in [4.78, 5) is 26.7. The molecule has 20 heavy (non-hydrogen) atoms. The summed E-state index contributed by atoms with van der Waals surface area (Å²) in [6, 6.07) is 0. The first kappa shape index (κ1) is 16.9. The fourth-order valence-corrected chi connectivity index (χ4v) is 2.15. The zero-order chi connectivity index (χ0) is 15.0. The zero-order valence-corrected chi connectivity index (χ0v) is 12.3. The van der Waals surface area contributed by atoms with Crippen molar-refractivity contribution in [3.05, 3.63) is 0 Å². The Kier molecular flexibility index (Phi) is 7.50. The van der Waals surface area contributed by atoms with E-state index in [1.165, 1.54) is 0 Å². The number of carboxylic acid groups (broad SMARTS) is 1. The Bertz CT molecular complexity index is 317. The summed E-state index contributed by atoms with van der Waals surface area (Å²) in [5.74, 6) is -1.10. The molecule has 0 radical (unpaired) electrons. The van der Waals surface area contributed by atoms with E-state index in [4.69, 9.17) is 9.84 Å². The van der Waals surface area contributed by atoms with Gasteiger partial charge in [0.05, 0.1) is 19.1 Å². The summed E-state index contributed by atoms with van der Waals surface area (Å²) in [6.45, 7) is 6.95. The van der Waals surface area contributed by atoms with Gasteiger partial charge in [0.2, 0.25) is 5.91 Å². The minimum Gasteiger partial charge on any atom is -0.481 e. The lowest BCUT2D eigenvalue weighted by molar-refractivity contribution is -0.141. The van der Waals surface area contributed by atoms with Gasteiger partial charge < -0.3 is 15.2 Å². The van der Waals surface area contributed by atoms with Gasteiger partial charge in [-0.15, -0.1) is 0 Å². The van der Waals surface area contributed by atoms with Crippen molar-refractivity contribution in [1.29, 1.82) is 0 Å². The van der Waals surface area contributed by atoms with Gasteiger partial charge in [-0.25, -0.2) is 0 Å². The molecule has 0 aliphatic carbocycles. The van der Waals surface area contributed by atoms with Crippen LogP contribution in [0, 0.1) is 5.92 Å². The highest BCUT2D eigenvalue weighted by molar-refractivity contribution is 5.78. The standard InChI is InChI=1S/C13H25N3O4/c1-11(13(18)19)9-15-4-6-16(7-5-15)10-12(17)14-3-8-20-2/h11H,3-10H2,1-2H3,(H,14,17)(H,18,19). The van der Waals surface area contributed by atoms with Crippen LogP contribution < -0.4 is 5.32 Å². The van der Waals surface area contributed by atoms with Crippen molar-refractivity contribution in [1.82, 2.24) is 15.1 Å². The molecule has 7 nitrogen and oxygen atoms in total. The van der Waals surface area contributed by atoms with Crippen LogP contribution in [0.5, 0.6) is 0 Å². The number of ether oxygens (including phenoxy) is 1. The molecule has 1 fully saturated rings. The Morgan fingerprint density at radius 1 is 1.25 bits per heavy atom. The number of hydrogen-bond acceptors (Lipinski definition) is 5. The van der Waals surface area contributed by atoms with Crippen molar-refractivity contribution in [2.24, 2.45) is 5.92 Å². The maximum absolute atomic E-state index is 11.6. The number of piperazine rings is 1. The van der Waals surface area contributed by atoms with Crippen LogP contribution in [0.25, 0.3) is 0 Å². The van der Waals surface area contributed by atoms with Crippen molar-refractivity contribution in [3.8, 4) is 0 Å². The first-order valence-electron chi connectivity index (χ1n) is 6.96. The Hall–Kier alpha value is -1.18. The number of carbonyl (C=O) groups is 2. The molecule has 0 spiro atoms. The minimum absolute atomic E-state index is 0.00871. The van der Waals surface area contributed by atoms with Gasteiger partial charge in [0.1, 0.15) is 0 Å². The van der Waals surface area contributed by atoms with E-state index in [-0.39, 0.29) is 11.8 Å². The van der Waals surface area contributed by atoms with Crippen molar-refractivity contribution in [2.75, 3.05) is 59.5 Å². The molecule has 1 aliphatic rings. The maximum atomic E-state index is 11.6. The lowest BCUT2D eigenvalue weighted by Crippen LogP contribution is -2.50. The number of methoxy groups -OCH3 is 1. The first-order valence-corrected chi connectivity index (χ1v) is 6.96. The molecule has 116 valence electrons. The van der Waals surface area contributed by atoms with Gasteiger partial charge in [-0.05, 0) is 0 Å². The highest BCUT2D eigenvalue weighted by atomic mass is 16.5. The van der Waals surface area contributed by atoms with Crippen LogP contribution in [0.3, 0.4) is 0 Å². The lowest BCUT2D eigenvalue weighted by Gasteiger charge is -2.34. The third kappa shape index (κ3) is 6.31.